The average Bonchev–Trinajstić information content (AvgIpc) is 3.38. The molecule has 8 heteroatoms. The predicted octanol–water partition coefficient (Wildman–Crippen LogP) is 3.85. The van der Waals surface area contributed by atoms with Crippen LogP contribution in [-0.4, -0.2) is 22.0 Å². The highest BCUT2D eigenvalue weighted by Gasteiger charge is 2.17. The molecule has 0 unspecified atom stereocenters. The number of aromatic nitrogens is 2. The van der Waals surface area contributed by atoms with Gasteiger partial charge in [-0.25, -0.2) is 0 Å². The summed E-state index contributed by atoms with van der Waals surface area (Å²) < 4.78 is 5.59. The quantitative estimate of drug-likeness (QED) is 0.607. The van der Waals surface area contributed by atoms with E-state index in [-0.39, 0.29) is 18.2 Å². The van der Waals surface area contributed by atoms with Gasteiger partial charge in [0.05, 0.1) is 4.88 Å². The van der Waals surface area contributed by atoms with E-state index in [0.717, 1.165) is 18.4 Å². The molecule has 7 nitrogen and oxygen atoms in total. The van der Waals surface area contributed by atoms with Crippen molar-refractivity contribution in [1.82, 2.24) is 21.0 Å². The van der Waals surface area contributed by atoms with Crippen molar-refractivity contribution in [2.45, 2.75) is 51.4 Å². The molecule has 0 fully saturated rings. The van der Waals surface area contributed by atoms with Crippen molar-refractivity contribution in [3.8, 4) is 11.5 Å². The summed E-state index contributed by atoms with van der Waals surface area (Å²) in [6.07, 6.45) is 7.35. The largest absolute Gasteiger partial charge is 0.421 e. The van der Waals surface area contributed by atoms with Crippen LogP contribution in [0.2, 0.25) is 0 Å². The van der Waals surface area contributed by atoms with Crippen LogP contribution < -0.4 is 10.9 Å². The van der Waals surface area contributed by atoms with Crippen LogP contribution in [0.1, 0.15) is 58.1 Å². The molecule has 1 aromatic carbocycles. The summed E-state index contributed by atoms with van der Waals surface area (Å²) in [5, 5.41) is 7.98. The first-order valence-corrected chi connectivity index (χ1v) is 11.1. The van der Waals surface area contributed by atoms with Gasteiger partial charge in [-0.1, -0.05) is 31.0 Å². The monoisotopic (exact) mass is 424 g/mol. The van der Waals surface area contributed by atoms with Crippen LogP contribution in [0, 0.1) is 0 Å². The Kier molecular flexibility index (Phi) is 6.53. The second-order valence-corrected chi connectivity index (χ2v) is 8.48. The Balaban J connectivity index is 1.25. The number of hydrogen-bond acceptors (Lipinski definition) is 6. The third-order valence-electron chi connectivity index (χ3n) is 5.09. The Hall–Kier alpha value is -3.00. The van der Waals surface area contributed by atoms with E-state index in [1.165, 1.54) is 47.5 Å². The molecule has 2 amide bonds. The summed E-state index contributed by atoms with van der Waals surface area (Å²) in [5.74, 6) is 0.225. The first kappa shape index (κ1) is 20.3. The number of nitrogens with zero attached hydrogens (tertiary/aromatic N) is 2. The van der Waals surface area contributed by atoms with Crippen LogP contribution in [0.4, 0.5) is 0 Å². The molecular formula is C22H24N4O3S. The number of nitrogens with one attached hydrogen (secondary N) is 2. The van der Waals surface area contributed by atoms with Crippen molar-refractivity contribution >= 4 is 23.2 Å². The first-order valence-electron chi connectivity index (χ1n) is 10.3. The van der Waals surface area contributed by atoms with Crippen LogP contribution in [0.15, 0.2) is 40.8 Å². The number of amides is 2. The number of thiophene rings is 1. The van der Waals surface area contributed by atoms with Gasteiger partial charge < -0.3 is 4.42 Å². The lowest BCUT2D eigenvalue weighted by atomic mass is 10.00. The molecule has 3 aromatic rings. The normalized spacial score (nSPS) is 13.7. The van der Waals surface area contributed by atoms with Crippen molar-refractivity contribution in [1.29, 1.82) is 0 Å². The summed E-state index contributed by atoms with van der Waals surface area (Å²) in [4.78, 5) is 26.5. The third-order valence-corrected chi connectivity index (χ3v) is 6.33. The lowest BCUT2D eigenvalue weighted by Crippen LogP contribution is -2.41. The summed E-state index contributed by atoms with van der Waals surface area (Å²) in [6, 6.07) is 11.4. The van der Waals surface area contributed by atoms with Crippen molar-refractivity contribution in [2.24, 2.45) is 0 Å². The molecule has 2 heterocycles. The molecule has 0 saturated heterocycles. The molecule has 1 aliphatic rings. The van der Waals surface area contributed by atoms with Gasteiger partial charge in [0.1, 0.15) is 0 Å². The van der Waals surface area contributed by atoms with E-state index in [1.54, 1.807) is 0 Å². The molecule has 0 bridgehead atoms. The number of fused-ring (bicyclic) bond motifs is 1. The maximum atomic E-state index is 12.4. The van der Waals surface area contributed by atoms with Crippen molar-refractivity contribution < 1.29 is 14.0 Å². The molecule has 2 aromatic heterocycles. The van der Waals surface area contributed by atoms with Gasteiger partial charge in [-0.2, -0.15) is 0 Å². The van der Waals surface area contributed by atoms with Gasteiger partial charge in [0.25, 0.3) is 5.91 Å². The van der Waals surface area contributed by atoms with Crippen LogP contribution in [0.25, 0.3) is 11.5 Å². The topological polar surface area (TPSA) is 97.1 Å². The van der Waals surface area contributed by atoms with Gasteiger partial charge in [-0.15, -0.1) is 21.5 Å². The fourth-order valence-corrected chi connectivity index (χ4v) is 4.63. The minimum Gasteiger partial charge on any atom is -0.421 e. The maximum absolute atomic E-state index is 12.4. The Labute approximate surface area is 178 Å². The highest BCUT2D eigenvalue weighted by molar-refractivity contribution is 7.14. The standard InChI is InChI=1S/C22H24N4O3S/c27-19(12-13-20-24-26-22(29-20)15-8-5-3-6-9-15)23-25-21(28)18-14-16-10-4-1-2-7-11-17(16)30-18/h3,5-6,8-9,14H,1-2,4,7,10-13H2,(H,23,27)(H,25,28). The Bertz CT molecular complexity index is 987. The number of aryl methyl sites for hydroxylation is 3. The summed E-state index contributed by atoms with van der Waals surface area (Å²) >= 11 is 1.53. The minimum absolute atomic E-state index is 0.137. The Morgan fingerprint density at radius 1 is 1.00 bits per heavy atom. The highest BCUT2D eigenvalue weighted by Crippen LogP contribution is 2.28. The number of carbonyl (C=O) groups is 2. The third kappa shape index (κ3) is 5.13. The fourth-order valence-electron chi connectivity index (χ4n) is 3.48. The first-order chi connectivity index (χ1) is 14.7. The molecule has 0 aliphatic heterocycles. The van der Waals surface area contributed by atoms with Crippen molar-refractivity contribution in [3.63, 3.8) is 0 Å². The van der Waals surface area contributed by atoms with Crippen molar-refractivity contribution in [2.75, 3.05) is 0 Å². The smallest absolute Gasteiger partial charge is 0.279 e. The number of rotatable bonds is 5. The second-order valence-electron chi connectivity index (χ2n) is 7.34. The number of benzene rings is 1. The molecule has 1 aliphatic carbocycles. The van der Waals surface area contributed by atoms with Gasteiger partial charge in [0.2, 0.25) is 17.7 Å². The molecular weight excluding hydrogens is 400 g/mol. The van der Waals surface area contributed by atoms with Crippen LogP contribution in [0.3, 0.4) is 0 Å². The highest BCUT2D eigenvalue weighted by atomic mass is 32.1. The van der Waals surface area contributed by atoms with E-state index in [2.05, 4.69) is 21.0 Å². The fraction of sp³-hybridized carbons (Fsp3) is 0.364. The zero-order valence-electron chi connectivity index (χ0n) is 16.6. The van der Waals surface area contributed by atoms with Gasteiger partial charge in [-0.05, 0) is 49.4 Å². The van der Waals surface area contributed by atoms with Crippen molar-refractivity contribution in [3.05, 3.63) is 57.6 Å². The van der Waals surface area contributed by atoms with Gasteiger partial charge >= 0.3 is 0 Å². The minimum atomic E-state index is -0.308. The van der Waals surface area contributed by atoms with Gasteiger partial charge in [-0.3, -0.25) is 20.4 Å². The zero-order chi connectivity index (χ0) is 20.8. The number of hydrazine groups is 1. The molecule has 156 valence electrons. The Morgan fingerprint density at radius 3 is 2.63 bits per heavy atom. The molecule has 0 saturated carbocycles. The van der Waals surface area contributed by atoms with E-state index in [9.17, 15) is 9.59 Å². The Morgan fingerprint density at radius 2 is 1.80 bits per heavy atom. The number of hydrogen-bond donors (Lipinski definition) is 2. The van der Waals surface area contributed by atoms with E-state index >= 15 is 0 Å². The SMILES string of the molecule is O=C(CCc1nnc(-c2ccccc2)o1)NNC(=O)c1cc2c(s1)CCCCCC2. The molecule has 2 N–H and O–H groups in total. The van der Waals surface area contributed by atoms with E-state index in [1.807, 2.05) is 36.4 Å². The summed E-state index contributed by atoms with van der Waals surface area (Å²) in [7, 11) is 0. The molecule has 4 rings (SSSR count). The summed E-state index contributed by atoms with van der Waals surface area (Å²) in [5.41, 5.74) is 7.10. The van der Waals surface area contributed by atoms with E-state index < -0.39 is 0 Å². The maximum Gasteiger partial charge on any atom is 0.279 e. The lowest BCUT2D eigenvalue weighted by molar-refractivity contribution is -0.121. The van der Waals surface area contributed by atoms with Gasteiger partial charge in [0.15, 0.2) is 0 Å². The lowest BCUT2D eigenvalue weighted by Gasteiger charge is -2.07. The molecule has 0 spiro atoms. The van der Waals surface area contributed by atoms with Crippen LogP contribution >= 0.6 is 11.3 Å². The summed E-state index contributed by atoms with van der Waals surface area (Å²) in [6.45, 7) is 0. The van der Waals surface area contributed by atoms with E-state index in [0.29, 0.717) is 23.1 Å². The number of carbonyl (C=O) groups excluding carboxylic acids is 2. The van der Waals surface area contributed by atoms with Crippen LogP contribution in [0.5, 0.6) is 0 Å². The second kappa shape index (κ2) is 9.67. The van der Waals surface area contributed by atoms with Crippen LogP contribution in [-0.2, 0) is 24.1 Å². The van der Waals surface area contributed by atoms with Gasteiger partial charge in [0, 0.05) is 23.3 Å². The van der Waals surface area contributed by atoms with E-state index in [4.69, 9.17) is 4.42 Å². The molecule has 0 radical (unpaired) electrons. The molecule has 30 heavy (non-hydrogen) atoms. The zero-order valence-corrected chi connectivity index (χ0v) is 17.5. The average molecular weight is 425 g/mol. The molecule has 0 atom stereocenters. The predicted molar refractivity (Wildman–Crippen MR) is 114 cm³/mol.